The number of esters is 1. The van der Waals surface area contributed by atoms with E-state index in [1.54, 1.807) is 0 Å². The van der Waals surface area contributed by atoms with E-state index in [0.717, 1.165) is 25.9 Å². The molecule has 0 unspecified atom stereocenters. The zero-order valence-corrected chi connectivity index (χ0v) is 23.0. The first-order valence-corrected chi connectivity index (χ1v) is 14.4. The van der Waals surface area contributed by atoms with Gasteiger partial charge < -0.3 is 28.4 Å². The van der Waals surface area contributed by atoms with Crippen LogP contribution in [0.1, 0.15) is 104 Å². The lowest BCUT2D eigenvalue weighted by atomic mass is 10.1. The molecule has 0 fully saturated rings. The lowest BCUT2D eigenvalue weighted by Gasteiger charge is -2.08. The average molecular weight is 505 g/mol. The van der Waals surface area contributed by atoms with Gasteiger partial charge in [-0.15, -0.1) is 0 Å². The van der Waals surface area contributed by atoms with Crippen molar-refractivity contribution in [1.29, 1.82) is 0 Å². The van der Waals surface area contributed by atoms with Crippen LogP contribution in [0, 0.1) is 0 Å². The molecule has 0 atom stereocenters. The largest absolute Gasteiger partial charge is 0.463 e. The molecule has 0 aliphatic rings. The first kappa shape index (κ1) is 34.3. The summed E-state index contributed by atoms with van der Waals surface area (Å²) in [5, 5.41) is 0. The van der Waals surface area contributed by atoms with Gasteiger partial charge in [-0.3, -0.25) is 4.79 Å². The third kappa shape index (κ3) is 31.2. The first-order valence-electron chi connectivity index (χ1n) is 14.4. The zero-order chi connectivity index (χ0) is 25.5. The van der Waals surface area contributed by atoms with Gasteiger partial charge in [0.1, 0.15) is 6.61 Å². The van der Waals surface area contributed by atoms with Gasteiger partial charge in [0.2, 0.25) is 0 Å². The Hall–Kier alpha value is -0.730. The van der Waals surface area contributed by atoms with Gasteiger partial charge in [-0.05, 0) is 12.8 Å². The van der Waals surface area contributed by atoms with Gasteiger partial charge in [0.15, 0.2) is 0 Å². The summed E-state index contributed by atoms with van der Waals surface area (Å²) in [5.74, 6) is -0.121. The Kier molecular flexibility index (Phi) is 30.6. The van der Waals surface area contributed by atoms with Gasteiger partial charge in [-0.2, -0.15) is 0 Å². The fourth-order valence-corrected chi connectivity index (χ4v) is 3.48. The van der Waals surface area contributed by atoms with Crippen LogP contribution in [0.2, 0.25) is 0 Å². The summed E-state index contributed by atoms with van der Waals surface area (Å²) in [7, 11) is 0. The van der Waals surface area contributed by atoms with Crippen molar-refractivity contribution >= 4 is 5.97 Å². The van der Waals surface area contributed by atoms with E-state index in [1.807, 2.05) is 0 Å². The minimum Gasteiger partial charge on any atom is -0.463 e. The zero-order valence-electron chi connectivity index (χ0n) is 23.0. The second-order valence-corrected chi connectivity index (χ2v) is 8.92. The minimum absolute atomic E-state index is 0.121. The topological polar surface area (TPSA) is 72.5 Å². The molecule has 0 heterocycles. The molecular weight excluding hydrogens is 448 g/mol. The van der Waals surface area contributed by atoms with Crippen LogP contribution in [0.4, 0.5) is 0 Å². The summed E-state index contributed by atoms with van der Waals surface area (Å²) in [4.78, 5) is 11.7. The third-order valence-electron chi connectivity index (χ3n) is 5.61. The highest BCUT2D eigenvalue weighted by Gasteiger charge is 2.02. The predicted octanol–water partition coefficient (Wildman–Crippen LogP) is 6.11. The second kappa shape index (κ2) is 31.3. The highest BCUT2D eigenvalue weighted by atomic mass is 16.6. The van der Waals surface area contributed by atoms with E-state index in [-0.39, 0.29) is 5.97 Å². The maximum absolute atomic E-state index is 11.7. The summed E-state index contributed by atoms with van der Waals surface area (Å²) in [5.41, 5.74) is 0. The maximum atomic E-state index is 11.7. The van der Waals surface area contributed by atoms with Gasteiger partial charge in [0.25, 0.3) is 0 Å². The van der Waals surface area contributed by atoms with Crippen molar-refractivity contribution in [3.8, 4) is 0 Å². The van der Waals surface area contributed by atoms with E-state index in [1.165, 1.54) is 64.2 Å². The second-order valence-electron chi connectivity index (χ2n) is 8.92. The third-order valence-corrected chi connectivity index (χ3v) is 5.61. The summed E-state index contributed by atoms with van der Waals surface area (Å²) in [6.45, 7) is 10.4. The van der Waals surface area contributed by atoms with Crippen molar-refractivity contribution in [2.75, 3.05) is 72.7 Å². The summed E-state index contributed by atoms with van der Waals surface area (Å²) in [6, 6.07) is 0. The summed E-state index contributed by atoms with van der Waals surface area (Å²) < 4.78 is 32.5. The minimum atomic E-state index is -0.121. The molecule has 0 spiro atoms. The van der Waals surface area contributed by atoms with E-state index in [9.17, 15) is 4.79 Å². The lowest BCUT2D eigenvalue weighted by Crippen LogP contribution is -2.15. The quantitative estimate of drug-likeness (QED) is 0.0862. The molecule has 0 aliphatic heterocycles. The van der Waals surface area contributed by atoms with E-state index >= 15 is 0 Å². The van der Waals surface area contributed by atoms with Crippen molar-refractivity contribution in [1.82, 2.24) is 0 Å². The Morgan fingerprint density at radius 1 is 0.400 bits per heavy atom. The molecule has 0 aromatic heterocycles. The van der Waals surface area contributed by atoms with Crippen LogP contribution in [0.25, 0.3) is 0 Å². The molecule has 0 saturated carbocycles. The SMILES string of the molecule is CCCCCCCCCCCC(=O)OCCOCCOCCOCCOCCOCCCCCC. The number of carbonyl (C=O) groups is 1. The molecule has 0 rings (SSSR count). The fraction of sp³-hybridized carbons (Fsp3) is 0.964. The van der Waals surface area contributed by atoms with Gasteiger partial charge in [0, 0.05) is 13.0 Å². The smallest absolute Gasteiger partial charge is 0.305 e. The van der Waals surface area contributed by atoms with Crippen LogP contribution in [0.15, 0.2) is 0 Å². The highest BCUT2D eigenvalue weighted by molar-refractivity contribution is 5.69. The molecule has 7 nitrogen and oxygen atoms in total. The van der Waals surface area contributed by atoms with E-state index in [2.05, 4.69) is 13.8 Å². The Morgan fingerprint density at radius 3 is 1.20 bits per heavy atom. The molecule has 0 aliphatic carbocycles. The first-order chi connectivity index (χ1) is 17.3. The van der Waals surface area contributed by atoms with Crippen LogP contribution in [0.3, 0.4) is 0 Å². The van der Waals surface area contributed by atoms with Gasteiger partial charge in [-0.1, -0.05) is 84.5 Å². The Balaban J connectivity index is 3.12. The number of ether oxygens (including phenoxy) is 6. The monoisotopic (exact) mass is 504 g/mol. The lowest BCUT2D eigenvalue weighted by molar-refractivity contribution is -0.145. The van der Waals surface area contributed by atoms with Crippen LogP contribution in [0.5, 0.6) is 0 Å². The molecule has 7 heteroatoms. The molecule has 0 saturated heterocycles. The number of rotatable bonds is 30. The van der Waals surface area contributed by atoms with Crippen molar-refractivity contribution < 1.29 is 33.2 Å². The van der Waals surface area contributed by atoms with Gasteiger partial charge >= 0.3 is 5.97 Å². The molecule has 0 bridgehead atoms. The van der Waals surface area contributed by atoms with Gasteiger partial charge in [-0.25, -0.2) is 0 Å². The van der Waals surface area contributed by atoms with Crippen LogP contribution in [-0.4, -0.2) is 78.6 Å². The molecule has 0 aromatic rings. The Bertz CT molecular complexity index is 407. The number of hydrogen-bond donors (Lipinski definition) is 0. The fourth-order valence-electron chi connectivity index (χ4n) is 3.48. The normalized spacial score (nSPS) is 11.3. The molecule has 0 aromatic carbocycles. The van der Waals surface area contributed by atoms with Crippen molar-refractivity contribution in [3.63, 3.8) is 0 Å². The standard InChI is InChI=1S/C28H56O7/c1-3-5-7-9-10-11-12-13-14-16-28(29)35-27-26-34-25-24-33-23-22-32-21-20-31-19-18-30-17-15-8-6-4-2/h3-27H2,1-2H3. The molecule has 35 heavy (non-hydrogen) atoms. The van der Waals surface area contributed by atoms with E-state index in [4.69, 9.17) is 28.4 Å². The van der Waals surface area contributed by atoms with Crippen molar-refractivity contribution in [2.24, 2.45) is 0 Å². The Morgan fingerprint density at radius 2 is 0.743 bits per heavy atom. The molecular formula is C28H56O7. The van der Waals surface area contributed by atoms with Crippen molar-refractivity contribution in [2.45, 2.75) is 104 Å². The summed E-state index contributed by atoms with van der Waals surface area (Å²) in [6.07, 6.45) is 16.6. The number of unbranched alkanes of at least 4 members (excludes halogenated alkanes) is 11. The Labute approximate surface area is 215 Å². The average Bonchev–Trinajstić information content (AvgIpc) is 2.86. The predicted molar refractivity (Wildman–Crippen MR) is 141 cm³/mol. The molecule has 210 valence electrons. The van der Waals surface area contributed by atoms with Crippen LogP contribution in [-0.2, 0) is 33.2 Å². The number of carbonyl (C=O) groups excluding carboxylic acids is 1. The highest BCUT2D eigenvalue weighted by Crippen LogP contribution is 2.10. The van der Waals surface area contributed by atoms with Gasteiger partial charge in [0.05, 0.1) is 59.5 Å². The maximum Gasteiger partial charge on any atom is 0.305 e. The molecule has 0 radical (unpaired) electrons. The summed E-state index contributed by atoms with van der Waals surface area (Å²) >= 11 is 0. The van der Waals surface area contributed by atoms with E-state index in [0.29, 0.717) is 72.5 Å². The molecule has 0 amide bonds. The number of hydrogen-bond acceptors (Lipinski definition) is 7. The van der Waals surface area contributed by atoms with E-state index < -0.39 is 0 Å². The van der Waals surface area contributed by atoms with Crippen LogP contribution >= 0.6 is 0 Å². The van der Waals surface area contributed by atoms with Crippen LogP contribution < -0.4 is 0 Å². The van der Waals surface area contributed by atoms with Crippen molar-refractivity contribution in [3.05, 3.63) is 0 Å². The molecule has 0 N–H and O–H groups in total.